The highest BCUT2D eigenvalue weighted by molar-refractivity contribution is 9.10. The summed E-state index contributed by atoms with van der Waals surface area (Å²) in [5.74, 6) is -0.156. The number of halogens is 1. The number of nitrogens with one attached hydrogen (secondary N) is 2. The first-order valence-corrected chi connectivity index (χ1v) is 8.52. The van der Waals surface area contributed by atoms with Crippen LogP contribution in [-0.4, -0.2) is 45.8 Å². The van der Waals surface area contributed by atoms with Crippen molar-refractivity contribution >= 4 is 37.5 Å². The van der Waals surface area contributed by atoms with Crippen molar-refractivity contribution in [3.05, 3.63) is 22.2 Å². The lowest BCUT2D eigenvalue weighted by atomic mass is 10.2. The molecule has 2 rings (SSSR count). The first-order chi connectivity index (χ1) is 9.94. The maximum absolute atomic E-state index is 12.2. The third-order valence-corrected chi connectivity index (χ3v) is 5.27. The van der Waals surface area contributed by atoms with E-state index in [0.29, 0.717) is 15.7 Å². The topological polar surface area (TPSA) is 105 Å². The Hall–Kier alpha value is -1.00. The van der Waals surface area contributed by atoms with Gasteiger partial charge in [0.15, 0.2) is 0 Å². The van der Waals surface area contributed by atoms with Crippen LogP contribution in [0.5, 0.6) is 0 Å². The quantitative estimate of drug-likeness (QED) is 0.589. The van der Waals surface area contributed by atoms with Crippen molar-refractivity contribution in [1.29, 1.82) is 0 Å². The predicted octanol–water partition coefficient (Wildman–Crippen LogP) is 0.231. The van der Waals surface area contributed by atoms with Gasteiger partial charge in [0.2, 0.25) is 15.9 Å². The number of aliphatic hydroxyl groups is 1. The molecule has 0 unspecified atom stereocenters. The number of ether oxygens (including phenoxy) is 1. The van der Waals surface area contributed by atoms with Crippen molar-refractivity contribution in [2.45, 2.75) is 11.3 Å². The second-order valence-electron chi connectivity index (χ2n) is 4.40. The van der Waals surface area contributed by atoms with Crippen LogP contribution in [0.15, 0.2) is 21.5 Å². The molecule has 0 bridgehead atoms. The number of aliphatic hydroxyl groups excluding tert-OH is 1. The number of carbonyl (C=O) groups is 1. The number of amides is 1. The lowest BCUT2D eigenvalue weighted by Gasteiger charge is -2.10. The van der Waals surface area contributed by atoms with E-state index in [1.54, 1.807) is 6.07 Å². The minimum atomic E-state index is -3.70. The van der Waals surface area contributed by atoms with Crippen LogP contribution in [0.3, 0.4) is 0 Å². The number of rotatable bonds is 7. The molecule has 3 N–H and O–H groups in total. The first-order valence-electron chi connectivity index (χ1n) is 6.24. The van der Waals surface area contributed by atoms with Crippen LogP contribution in [-0.2, 0) is 26.0 Å². The Labute approximate surface area is 130 Å². The summed E-state index contributed by atoms with van der Waals surface area (Å²) in [7, 11) is -3.70. The van der Waals surface area contributed by atoms with Gasteiger partial charge in [-0.05, 0) is 33.6 Å². The molecule has 1 heterocycles. The molecule has 7 nitrogen and oxygen atoms in total. The largest absolute Gasteiger partial charge is 0.394 e. The van der Waals surface area contributed by atoms with E-state index < -0.39 is 10.0 Å². The molecule has 0 aliphatic carbocycles. The van der Waals surface area contributed by atoms with Gasteiger partial charge in [0.05, 0.1) is 31.1 Å². The van der Waals surface area contributed by atoms with Crippen molar-refractivity contribution in [1.82, 2.24) is 4.72 Å². The molecule has 1 aliphatic rings. The highest BCUT2D eigenvalue weighted by Crippen LogP contribution is 2.32. The molecule has 0 atom stereocenters. The molecule has 1 aromatic carbocycles. The SMILES string of the molecule is O=C1Cc2cc(S(=O)(=O)NCCOCCO)c(Br)cc2N1. The summed E-state index contributed by atoms with van der Waals surface area (Å²) in [6.45, 7) is 0.327. The van der Waals surface area contributed by atoms with Crippen LogP contribution in [0.2, 0.25) is 0 Å². The molecule has 0 fully saturated rings. The molecule has 116 valence electrons. The molecule has 0 spiro atoms. The summed E-state index contributed by atoms with van der Waals surface area (Å²) in [4.78, 5) is 11.4. The van der Waals surface area contributed by atoms with Gasteiger partial charge in [-0.3, -0.25) is 4.79 Å². The lowest BCUT2D eigenvalue weighted by Crippen LogP contribution is -2.28. The number of hydrogen-bond donors (Lipinski definition) is 3. The minimum Gasteiger partial charge on any atom is -0.394 e. The van der Waals surface area contributed by atoms with E-state index in [1.165, 1.54) is 6.07 Å². The van der Waals surface area contributed by atoms with Crippen molar-refractivity contribution in [2.75, 3.05) is 31.7 Å². The summed E-state index contributed by atoms with van der Waals surface area (Å²) in [6, 6.07) is 3.06. The molecule has 1 aromatic rings. The molecule has 9 heteroatoms. The summed E-state index contributed by atoms with van der Waals surface area (Å²) in [5, 5.41) is 11.2. The van der Waals surface area contributed by atoms with E-state index in [9.17, 15) is 13.2 Å². The van der Waals surface area contributed by atoms with E-state index in [-0.39, 0.29) is 43.6 Å². The molecule has 1 amide bonds. The maximum atomic E-state index is 12.2. The first kappa shape index (κ1) is 16.4. The van der Waals surface area contributed by atoms with Gasteiger partial charge in [0.1, 0.15) is 0 Å². The zero-order valence-corrected chi connectivity index (χ0v) is 13.5. The molecule has 21 heavy (non-hydrogen) atoms. The Bertz CT molecular complexity index is 647. The predicted molar refractivity (Wildman–Crippen MR) is 79.6 cm³/mol. The number of hydrogen-bond acceptors (Lipinski definition) is 5. The summed E-state index contributed by atoms with van der Waals surface area (Å²) in [6.07, 6.45) is 0.171. The van der Waals surface area contributed by atoms with Gasteiger partial charge in [-0.25, -0.2) is 13.1 Å². The molecule has 0 radical (unpaired) electrons. The Morgan fingerprint density at radius 1 is 1.38 bits per heavy atom. The van der Waals surface area contributed by atoms with Crippen LogP contribution < -0.4 is 10.0 Å². The zero-order chi connectivity index (χ0) is 15.5. The van der Waals surface area contributed by atoms with E-state index >= 15 is 0 Å². The molecular weight excluding hydrogens is 364 g/mol. The zero-order valence-electron chi connectivity index (χ0n) is 11.1. The van der Waals surface area contributed by atoms with E-state index in [1.807, 2.05) is 0 Å². The average molecular weight is 379 g/mol. The lowest BCUT2D eigenvalue weighted by molar-refractivity contribution is -0.115. The second kappa shape index (κ2) is 6.84. The Kier molecular flexibility index (Phi) is 5.33. The van der Waals surface area contributed by atoms with E-state index in [2.05, 4.69) is 26.0 Å². The van der Waals surface area contributed by atoms with Crippen LogP contribution in [0.1, 0.15) is 5.56 Å². The van der Waals surface area contributed by atoms with Gasteiger partial charge in [-0.1, -0.05) is 0 Å². The highest BCUT2D eigenvalue weighted by atomic mass is 79.9. The van der Waals surface area contributed by atoms with Crippen LogP contribution in [0.25, 0.3) is 0 Å². The van der Waals surface area contributed by atoms with Gasteiger partial charge >= 0.3 is 0 Å². The standard InChI is InChI=1S/C12H15BrN2O5S/c13-9-7-10-8(6-12(17)15-10)5-11(9)21(18,19)14-1-3-20-4-2-16/h5,7,14,16H,1-4,6H2,(H,15,17). The van der Waals surface area contributed by atoms with Gasteiger partial charge in [0.25, 0.3) is 0 Å². The van der Waals surface area contributed by atoms with Crippen molar-refractivity contribution in [3.63, 3.8) is 0 Å². The van der Waals surface area contributed by atoms with Crippen LogP contribution in [0.4, 0.5) is 5.69 Å². The smallest absolute Gasteiger partial charge is 0.241 e. The van der Waals surface area contributed by atoms with Gasteiger partial charge in [-0.15, -0.1) is 0 Å². The summed E-state index contributed by atoms with van der Waals surface area (Å²) < 4.78 is 32.2. The maximum Gasteiger partial charge on any atom is 0.241 e. The summed E-state index contributed by atoms with van der Waals surface area (Å²) in [5.41, 5.74) is 1.28. The van der Waals surface area contributed by atoms with Gasteiger partial charge < -0.3 is 15.2 Å². The Balaban J connectivity index is 2.10. The minimum absolute atomic E-state index is 0.0832. The number of anilines is 1. The fraction of sp³-hybridized carbons (Fsp3) is 0.417. The fourth-order valence-electron chi connectivity index (χ4n) is 1.92. The fourth-order valence-corrected chi connectivity index (χ4v) is 4.03. The molecular formula is C12H15BrN2O5S. The number of carbonyl (C=O) groups excluding carboxylic acids is 1. The second-order valence-corrected chi connectivity index (χ2v) is 6.99. The summed E-state index contributed by atoms with van der Waals surface area (Å²) >= 11 is 3.20. The Morgan fingerprint density at radius 3 is 2.86 bits per heavy atom. The third-order valence-electron chi connectivity index (χ3n) is 2.85. The average Bonchev–Trinajstić information content (AvgIpc) is 2.76. The third kappa shape index (κ3) is 4.01. The number of fused-ring (bicyclic) bond motifs is 1. The molecule has 0 saturated carbocycles. The van der Waals surface area contributed by atoms with Crippen molar-refractivity contribution < 1.29 is 23.1 Å². The monoisotopic (exact) mass is 378 g/mol. The van der Waals surface area contributed by atoms with Crippen LogP contribution >= 0.6 is 15.9 Å². The van der Waals surface area contributed by atoms with E-state index in [4.69, 9.17) is 9.84 Å². The van der Waals surface area contributed by atoms with Crippen molar-refractivity contribution in [3.8, 4) is 0 Å². The Morgan fingerprint density at radius 2 is 2.14 bits per heavy atom. The highest BCUT2D eigenvalue weighted by Gasteiger charge is 2.24. The van der Waals surface area contributed by atoms with Crippen LogP contribution in [0, 0.1) is 0 Å². The van der Waals surface area contributed by atoms with Gasteiger partial charge in [0, 0.05) is 16.7 Å². The van der Waals surface area contributed by atoms with E-state index in [0.717, 1.165) is 0 Å². The molecule has 0 aromatic heterocycles. The normalized spacial score (nSPS) is 14.1. The number of sulfonamides is 1. The molecule has 1 aliphatic heterocycles. The molecule has 0 saturated heterocycles. The number of benzene rings is 1. The van der Waals surface area contributed by atoms with Gasteiger partial charge in [-0.2, -0.15) is 0 Å². The van der Waals surface area contributed by atoms with Crippen molar-refractivity contribution in [2.24, 2.45) is 0 Å².